The molecular weight excluding hydrogens is 793 g/mol. The predicted molar refractivity (Wildman–Crippen MR) is 284 cm³/mol. The monoisotopic (exact) mass is 838 g/mol. The molecule has 0 unspecified atom stereocenters. The van der Waals surface area contributed by atoms with Crippen LogP contribution in [0.3, 0.4) is 0 Å². The molecule has 0 atom stereocenters. The van der Waals surface area contributed by atoms with Crippen LogP contribution in [0.2, 0.25) is 0 Å². The zero-order chi connectivity index (χ0) is 44.1. The summed E-state index contributed by atoms with van der Waals surface area (Å²) in [6.07, 6.45) is 0. The summed E-state index contributed by atoms with van der Waals surface area (Å²) in [5, 5.41) is 10.2. The van der Waals surface area contributed by atoms with Crippen molar-refractivity contribution >= 4 is 43.1 Å². The normalized spacial score (nSPS) is 11.5. The molecule has 0 aliphatic heterocycles. The second kappa shape index (κ2) is 16.3. The van der Waals surface area contributed by atoms with Gasteiger partial charge >= 0.3 is 0 Å². The molecule has 66 heavy (non-hydrogen) atoms. The standard InChI is InChI=1S/C66H46/c1-43-33-49(57-38-55(45-13-5-3-6-14-45)37-56(39-57)46-15-7-4-8-16-46)25-29-61(43)62-30-26-50(34-44(62)2)58-40-59(51-27-31-65-53(35-51)23-21-47-17-9-11-19-63(47)65)42-60(41-58)52-28-32-66-54(36-52)24-22-48-18-10-12-20-64(48)66/h3-42H,1-2H3. The second-order valence-corrected chi connectivity index (χ2v) is 17.8. The average molecular weight is 839 g/mol. The average Bonchev–Trinajstić information content (AvgIpc) is 3.38. The number of aryl methyl sites for hydroxylation is 2. The summed E-state index contributed by atoms with van der Waals surface area (Å²) in [4.78, 5) is 0. The van der Waals surface area contributed by atoms with Gasteiger partial charge in [-0.15, -0.1) is 0 Å². The Balaban J connectivity index is 0.938. The van der Waals surface area contributed by atoms with Gasteiger partial charge in [-0.2, -0.15) is 0 Å². The van der Waals surface area contributed by atoms with Gasteiger partial charge in [-0.1, -0.05) is 194 Å². The van der Waals surface area contributed by atoms with E-state index >= 15 is 0 Å². The van der Waals surface area contributed by atoms with Crippen molar-refractivity contribution in [3.05, 3.63) is 254 Å². The lowest BCUT2D eigenvalue weighted by molar-refractivity contribution is 1.40. The number of fused-ring (bicyclic) bond motifs is 6. The smallest absolute Gasteiger partial charge is 0.0105 e. The molecule has 0 bridgehead atoms. The van der Waals surface area contributed by atoms with Crippen LogP contribution < -0.4 is 0 Å². The summed E-state index contributed by atoms with van der Waals surface area (Å²) < 4.78 is 0. The topological polar surface area (TPSA) is 0 Å². The maximum absolute atomic E-state index is 2.38. The molecule has 0 N–H and O–H groups in total. The molecule has 0 amide bonds. The number of rotatable bonds is 7. The summed E-state index contributed by atoms with van der Waals surface area (Å²) in [6, 6.07) is 89.8. The molecule has 0 aliphatic carbocycles. The zero-order valence-electron chi connectivity index (χ0n) is 37.1. The van der Waals surface area contributed by atoms with Crippen molar-refractivity contribution in [2.45, 2.75) is 13.8 Å². The fourth-order valence-electron chi connectivity index (χ4n) is 10.2. The van der Waals surface area contributed by atoms with Gasteiger partial charge in [0.1, 0.15) is 0 Å². The van der Waals surface area contributed by atoms with Gasteiger partial charge < -0.3 is 0 Å². The van der Waals surface area contributed by atoms with Crippen LogP contribution in [0.25, 0.3) is 121 Å². The fraction of sp³-hybridized carbons (Fsp3) is 0.0303. The minimum absolute atomic E-state index is 1.20. The Morgan fingerprint density at radius 2 is 0.485 bits per heavy atom. The van der Waals surface area contributed by atoms with E-state index < -0.39 is 0 Å². The Bertz CT molecular complexity index is 3620. The first-order valence-electron chi connectivity index (χ1n) is 23.0. The van der Waals surface area contributed by atoms with Crippen molar-refractivity contribution in [3.63, 3.8) is 0 Å². The van der Waals surface area contributed by atoms with Crippen molar-refractivity contribution in [1.29, 1.82) is 0 Å². The van der Waals surface area contributed by atoms with Gasteiger partial charge in [0.05, 0.1) is 0 Å². The van der Waals surface area contributed by atoms with Crippen LogP contribution in [-0.2, 0) is 0 Å². The van der Waals surface area contributed by atoms with E-state index in [-0.39, 0.29) is 0 Å². The van der Waals surface area contributed by atoms with Crippen molar-refractivity contribution in [2.24, 2.45) is 0 Å². The third kappa shape index (κ3) is 7.24. The fourth-order valence-corrected chi connectivity index (χ4v) is 10.2. The quantitative estimate of drug-likeness (QED) is 0.140. The van der Waals surface area contributed by atoms with Crippen LogP contribution in [-0.4, -0.2) is 0 Å². The first-order valence-corrected chi connectivity index (χ1v) is 23.0. The minimum atomic E-state index is 1.20. The maximum atomic E-state index is 2.38. The van der Waals surface area contributed by atoms with E-state index in [1.54, 1.807) is 0 Å². The predicted octanol–water partition coefficient (Wildman–Crippen LogP) is 18.6. The van der Waals surface area contributed by atoms with E-state index in [9.17, 15) is 0 Å². The molecule has 12 rings (SSSR count). The highest BCUT2D eigenvalue weighted by Gasteiger charge is 2.15. The van der Waals surface area contributed by atoms with E-state index in [1.165, 1.54) is 132 Å². The SMILES string of the molecule is Cc1cc(-c2cc(-c3ccccc3)cc(-c3ccccc3)c2)ccc1-c1ccc(-c2cc(-c3ccc4c(ccc5ccccc54)c3)cc(-c3ccc4c(ccc5ccccc54)c3)c2)cc1C. The molecule has 0 aromatic heterocycles. The Hall–Kier alpha value is -8.32. The van der Waals surface area contributed by atoms with Gasteiger partial charge in [0.15, 0.2) is 0 Å². The van der Waals surface area contributed by atoms with Gasteiger partial charge in [-0.3, -0.25) is 0 Å². The molecular formula is C66H46. The molecule has 0 radical (unpaired) electrons. The summed E-state index contributed by atoms with van der Waals surface area (Å²) in [6.45, 7) is 4.51. The van der Waals surface area contributed by atoms with Gasteiger partial charge in [0.2, 0.25) is 0 Å². The largest absolute Gasteiger partial charge is 0.0622 e. The maximum Gasteiger partial charge on any atom is -0.0105 e. The molecule has 12 aromatic carbocycles. The Morgan fingerprint density at radius 1 is 0.182 bits per heavy atom. The third-order valence-electron chi connectivity index (χ3n) is 13.6. The lowest BCUT2D eigenvalue weighted by atomic mass is 9.88. The van der Waals surface area contributed by atoms with Crippen molar-refractivity contribution in [1.82, 2.24) is 0 Å². The van der Waals surface area contributed by atoms with E-state index in [1.807, 2.05) is 0 Å². The molecule has 0 saturated carbocycles. The molecule has 310 valence electrons. The first kappa shape index (κ1) is 39.3. The zero-order valence-corrected chi connectivity index (χ0v) is 37.1. The van der Waals surface area contributed by atoms with Crippen LogP contribution in [0.5, 0.6) is 0 Å². The Morgan fingerprint density at radius 3 is 0.879 bits per heavy atom. The highest BCUT2D eigenvalue weighted by atomic mass is 14.2. The van der Waals surface area contributed by atoms with E-state index in [0.717, 1.165) is 0 Å². The molecule has 0 nitrogen and oxygen atoms in total. The lowest BCUT2D eigenvalue weighted by Crippen LogP contribution is -1.92. The number of benzene rings is 12. The number of hydrogen-bond donors (Lipinski definition) is 0. The van der Waals surface area contributed by atoms with Gasteiger partial charge in [0, 0.05) is 0 Å². The third-order valence-corrected chi connectivity index (χ3v) is 13.6. The van der Waals surface area contributed by atoms with Crippen molar-refractivity contribution in [3.8, 4) is 77.9 Å². The van der Waals surface area contributed by atoms with Crippen LogP contribution in [0.15, 0.2) is 243 Å². The van der Waals surface area contributed by atoms with Gasteiger partial charge in [-0.25, -0.2) is 0 Å². The van der Waals surface area contributed by atoms with Crippen LogP contribution in [0.1, 0.15) is 11.1 Å². The lowest BCUT2D eigenvalue weighted by Gasteiger charge is -2.16. The molecule has 0 fully saturated rings. The summed E-state index contributed by atoms with van der Waals surface area (Å²) in [5.74, 6) is 0. The summed E-state index contributed by atoms with van der Waals surface area (Å²) in [5.41, 5.74) is 19.6. The summed E-state index contributed by atoms with van der Waals surface area (Å²) in [7, 11) is 0. The molecule has 0 spiro atoms. The van der Waals surface area contributed by atoms with Crippen LogP contribution in [0, 0.1) is 13.8 Å². The first-order chi connectivity index (χ1) is 32.5. The Labute approximate surface area is 386 Å². The van der Waals surface area contributed by atoms with E-state index in [0.29, 0.717) is 0 Å². The summed E-state index contributed by atoms with van der Waals surface area (Å²) >= 11 is 0. The molecule has 0 saturated heterocycles. The van der Waals surface area contributed by atoms with Crippen molar-refractivity contribution < 1.29 is 0 Å². The minimum Gasteiger partial charge on any atom is -0.0622 e. The Kier molecular flexibility index (Phi) is 9.73. The molecule has 0 heteroatoms. The highest BCUT2D eigenvalue weighted by molar-refractivity contribution is 6.10. The van der Waals surface area contributed by atoms with Crippen LogP contribution in [0.4, 0.5) is 0 Å². The second-order valence-electron chi connectivity index (χ2n) is 17.8. The van der Waals surface area contributed by atoms with E-state index in [4.69, 9.17) is 0 Å². The van der Waals surface area contributed by atoms with Crippen molar-refractivity contribution in [2.75, 3.05) is 0 Å². The van der Waals surface area contributed by atoms with E-state index in [2.05, 4.69) is 257 Å². The molecule has 0 heterocycles. The van der Waals surface area contributed by atoms with Crippen LogP contribution >= 0.6 is 0 Å². The molecule has 0 aliphatic rings. The number of hydrogen-bond acceptors (Lipinski definition) is 0. The van der Waals surface area contributed by atoms with Gasteiger partial charge in [0.25, 0.3) is 0 Å². The molecule has 12 aromatic rings. The highest BCUT2D eigenvalue weighted by Crippen LogP contribution is 2.40. The van der Waals surface area contributed by atoms with Gasteiger partial charge in [-0.05, 0) is 194 Å².